The SMILES string of the molecule is CC(C)C(C)(C)[Si](C)(C)C(C)O. The molecule has 0 saturated carbocycles. The molecule has 0 aromatic rings. The van der Waals surface area contributed by atoms with Crippen molar-refractivity contribution in [2.75, 3.05) is 0 Å². The molecule has 0 saturated heterocycles. The number of aliphatic hydroxyl groups is 1. The van der Waals surface area contributed by atoms with Crippen LogP contribution in [-0.2, 0) is 0 Å². The van der Waals surface area contributed by atoms with Crippen molar-refractivity contribution >= 4 is 8.07 Å². The van der Waals surface area contributed by atoms with E-state index in [9.17, 15) is 5.11 Å². The van der Waals surface area contributed by atoms with Crippen LogP contribution in [0, 0.1) is 5.92 Å². The van der Waals surface area contributed by atoms with Gasteiger partial charge in [0.15, 0.2) is 0 Å². The second kappa shape index (κ2) is 3.50. The Labute approximate surface area is 78.2 Å². The van der Waals surface area contributed by atoms with Gasteiger partial charge >= 0.3 is 0 Å². The fraction of sp³-hybridized carbons (Fsp3) is 1.00. The molecule has 0 amide bonds. The van der Waals surface area contributed by atoms with Crippen molar-refractivity contribution in [3.8, 4) is 0 Å². The summed E-state index contributed by atoms with van der Waals surface area (Å²) in [5, 5.41) is 10.0. The second-order valence-corrected chi connectivity index (χ2v) is 10.8. The van der Waals surface area contributed by atoms with Gasteiger partial charge in [-0.2, -0.15) is 0 Å². The zero-order valence-electron chi connectivity index (χ0n) is 9.60. The molecular formula is C10H24OSi. The molecule has 1 nitrogen and oxygen atoms in total. The fourth-order valence-corrected chi connectivity index (χ4v) is 3.85. The fourth-order valence-electron chi connectivity index (χ4n) is 1.28. The Hall–Kier alpha value is 0.177. The lowest BCUT2D eigenvalue weighted by atomic mass is 9.99. The molecule has 0 aliphatic heterocycles. The molecule has 1 unspecified atom stereocenters. The molecule has 0 spiro atoms. The summed E-state index contributed by atoms with van der Waals surface area (Å²) in [4.78, 5) is 0. The summed E-state index contributed by atoms with van der Waals surface area (Å²) in [6.45, 7) is 15.6. The molecule has 0 aliphatic rings. The van der Waals surface area contributed by atoms with Crippen LogP contribution in [0.2, 0.25) is 18.1 Å². The lowest BCUT2D eigenvalue weighted by Crippen LogP contribution is -2.51. The van der Waals surface area contributed by atoms with Crippen molar-refractivity contribution in [2.24, 2.45) is 5.92 Å². The topological polar surface area (TPSA) is 20.2 Å². The first-order chi connectivity index (χ1) is 5.14. The molecule has 1 atom stereocenters. The highest BCUT2D eigenvalue weighted by atomic mass is 28.3. The highest BCUT2D eigenvalue weighted by Gasteiger charge is 2.44. The molecule has 0 radical (unpaired) electrons. The third kappa shape index (κ3) is 1.91. The van der Waals surface area contributed by atoms with Crippen LogP contribution in [0.1, 0.15) is 34.6 Å². The Morgan fingerprint density at radius 2 is 1.42 bits per heavy atom. The van der Waals surface area contributed by atoms with E-state index >= 15 is 0 Å². The van der Waals surface area contributed by atoms with E-state index in [1.807, 2.05) is 6.92 Å². The highest BCUT2D eigenvalue weighted by Crippen LogP contribution is 2.45. The van der Waals surface area contributed by atoms with Crippen molar-refractivity contribution in [3.63, 3.8) is 0 Å². The van der Waals surface area contributed by atoms with Gasteiger partial charge in [0.05, 0.1) is 8.07 Å². The third-order valence-electron chi connectivity index (χ3n) is 4.15. The molecular weight excluding hydrogens is 164 g/mol. The van der Waals surface area contributed by atoms with Gasteiger partial charge in [-0.05, 0) is 17.9 Å². The predicted molar refractivity (Wildman–Crippen MR) is 58.0 cm³/mol. The van der Waals surface area contributed by atoms with Crippen LogP contribution in [0.3, 0.4) is 0 Å². The maximum absolute atomic E-state index is 9.73. The molecule has 0 aromatic heterocycles. The van der Waals surface area contributed by atoms with Gasteiger partial charge in [0.1, 0.15) is 0 Å². The second-order valence-electron chi connectivity index (χ2n) is 5.27. The van der Waals surface area contributed by atoms with Crippen molar-refractivity contribution in [3.05, 3.63) is 0 Å². The van der Waals surface area contributed by atoms with Gasteiger partial charge in [0.2, 0.25) is 0 Å². The van der Waals surface area contributed by atoms with Gasteiger partial charge < -0.3 is 5.11 Å². The van der Waals surface area contributed by atoms with Crippen molar-refractivity contribution in [1.29, 1.82) is 0 Å². The van der Waals surface area contributed by atoms with Crippen molar-refractivity contribution in [2.45, 2.75) is 58.5 Å². The van der Waals surface area contributed by atoms with Crippen molar-refractivity contribution in [1.82, 2.24) is 0 Å². The Morgan fingerprint density at radius 1 is 1.08 bits per heavy atom. The first-order valence-electron chi connectivity index (χ1n) is 4.82. The van der Waals surface area contributed by atoms with Gasteiger partial charge in [-0.25, -0.2) is 0 Å². The van der Waals surface area contributed by atoms with E-state index in [4.69, 9.17) is 0 Å². The number of rotatable bonds is 3. The summed E-state index contributed by atoms with van der Waals surface area (Å²) >= 11 is 0. The largest absolute Gasteiger partial charge is 0.397 e. The minimum absolute atomic E-state index is 0.116. The number of aliphatic hydroxyl groups excluding tert-OH is 1. The lowest BCUT2D eigenvalue weighted by molar-refractivity contribution is 0.251. The van der Waals surface area contributed by atoms with E-state index in [0.29, 0.717) is 11.0 Å². The van der Waals surface area contributed by atoms with Crippen LogP contribution in [0.4, 0.5) is 0 Å². The summed E-state index contributed by atoms with van der Waals surface area (Å²) in [5.74, 6) is 0.647. The number of hydrogen-bond acceptors (Lipinski definition) is 1. The van der Waals surface area contributed by atoms with Gasteiger partial charge in [-0.3, -0.25) is 0 Å². The van der Waals surface area contributed by atoms with E-state index in [2.05, 4.69) is 40.8 Å². The molecule has 12 heavy (non-hydrogen) atoms. The van der Waals surface area contributed by atoms with Gasteiger partial charge in [0.25, 0.3) is 0 Å². The molecule has 2 heteroatoms. The van der Waals surface area contributed by atoms with E-state index in [-0.39, 0.29) is 5.73 Å². The Morgan fingerprint density at radius 3 is 1.50 bits per heavy atom. The molecule has 0 aliphatic carbocycles. The monoisotopic (exact) mass is 188 g/mol. The van der Waals surface area contributed by atoms with Gasteiger partial charge in [0, 0.05) is 5.73 Å². The van der Waals surface area contributed by atoms with Gasteiger partial charge in [-0.15, -0.1) is 0 Å². The van der Waals surface area contributed by atoms with Crippen LogP contribution in [-0.4, -0.2) is 18.9 Å². The average molecular weight is 188 g/mol. The van der Waals surface area contributed by atoms with E-state index in [0.717, 1.165) is 0 Å². The summed E-state index contributed by atoms with van der Waals surface area (Å²) in [7, 11) is -1.52. The highest BCUT2D eigenvalue weighted by molar-refractivity contribution is 6.81. The molecule has 0 bridgehead atoms. The summed E-state index contributed by atoms with van der Waals surface area (Å²) < 4.78 is 0. The van der Waals surface area contributed by atoms with E-state index < -0.39 is 8.07 Å². The summed E-state index contributed by atoms with van der Waals surface area (Å²) in [6, 6.07) is 0. The Bertz CT molecular complexity index is 130. The van der Waals surface area contributed by atoms with E-state index in [1.54, 1.807) is 0 Å². The average Bonchev–Trinajstić information content (AvgIpc) is 1.86. The standard InChI is InChI=1S/C10H24OSi/c1-8(2)10(4,5)12(6,7)9(3)11/h8-9,11H,1-7H3. The smallest absolute Gasteiger partial charge is 0.0866 e. The molecule has 0 heterocycles. The maximum atomic E-state index is 9.73. The maximum Gasteiger partial charge on any atom is 0.0866 e. The Balaban J connectivity index is 4.75. The zero-order valence-corrected chi connectivity index (χ0v) is 10.6. The first-order valence-corrected chi connectivity index (χ1v) is 7.89. The van der Waals surface area contributed by atoms with Crippen molar-refractivity contribution < 1.29 is 5.11 Å². The third-order valence-corrected chi connectivity index (χ3v) is 10.1. The van der Waals surface area contributed by atoms with Gasteiger partial charge in [-0.1, -0.05) is 40.8 Å². The molecule has 0 aromatic carbocycles. The minimum atomic E-state index is -1.52. The van der Waals surface area contributed by atoms with Crippen LogP contribution >= 0.6 is 0 Å². The predicted octanol–water partition coefficient (Wildman–Crippen LogP) is 3.05. The van der Waals surface area contributed by atoms with Crippen LogP contribution in [0.25, 0.3) is 0 Å². The first kappa shape index (κ1) is 12.2. The quantitative estimate of drug-likeness (QED) is 0.675. The molecule has 0 rings (SSSR count). The van der Waals surface area contributed by atoms with E-state index in [1.165, 1.54) is 0 Å². The molecule has 0 fully saturated rings. The summed E-state index contributed by atoms with van der Waals surface area (Å²) in [5.41, 5.74) is -0.116. The normalized spacial score (nSPS) is 16.8. The summed E-state index contributed by atoms with van der Waals surface area (Å²) in [6.07, 6.45) is 0. The zero-order chi connectivity index (χ0) is 10.2. The van der Waals surface area contributed by atoms with Crippen LogP contribution in [0.5, 0.6) is 0 Å². The molecule has 1 N–H and O–H groups in total. The molecule has 74 valence electrons. The number of hydrogen-bond donors (Lipinski definition) is 1. The minimum Gasteiger partial charge on any atom is -0.397 e. The van der Waals surface area contributed by atoms with Crippen LogP contribution < -0.4 is 0 Å². The lowest BCUT2D eigenvalue weighted by Gasteiger charge is -2.45. The Kier molecular flexibility index (Phi) is 3.56. The van der Waals surface area contributed by atoms with Crippen LogP contribution in [0.15, 0.2) is 0 Å².